The topological polar surface area (TPSA) is 44.3 Å². The van der Waals surface area contributed by atoms with E-state index in [0.717, 1.165) is 42.3 Å². The van der Waals surface area contributed by atoms with Crippen molar-refractivity contribution in [2.24, 2.45) is 0 Å². The number of nitriles is 1. The second-order valence-corrected chi connectivity index (χ2v) is 6.11. The molecule has 0 saturated carbocycles. The molecule has 2 aromatic rings. The van der Waals surface area contributed by atoms with Crippen LogP contribution in [0, 0.1) is 18.3 Å². The minimum absolute atomic E-state index is 0.295. The number of imidazole rings is 1. The maximum absolute atomic E-state index is 9.57. The number of aryl methyl sites for hydroxylation is 1. The number of hydrogen-bond acceptors (Lipinski definition) is 4. The van der Waals surface area contributed by atoms with Gasteiger partial charge in [0.1, 0.15) is 6.04 Å². The van der Waals surface area contributed by atoms with E-state index in [1.54, 1.807) is 11.3 Å². The van der Waals surface area contributed by atoms with Crippen molar-refractivity contribution in [3.05, 3.63) is 21.9 Å². The number of likely N-dealkylation sites (tertiary alicyclic amines) is 1. The fourth-order valence-electron chi connectivity index (χ4n) is 2.72. The highest BCUT2D eigenvalue weighted by Gasteiger charge is 2.28. The van der Waals surface area contributed by atoms with E-state index < -0.39 is 0 Å². The Labute approximate surface area is 121 Å². The van der Waals surface area contributed by atoms with Gasteiger partial charge < -0.3 is 0 Å². The Morgan fingerprint density at radius 3 is 2.84 bits per heavy atom. The highest BCUT2D eigenvalue weighted by Crippen LogP contribution is 2.32. The summed E-state index contributed by atoms with van der Waals surface area (Å²) in [5.41, 5.74) is 1.92. The van der Waals surface area contributed by atoms with E-state index in [1.807, 2.05) is 16.7 Å². The molecule has 0 aromatic carbocycles. The van der Waals surface area contributed by atoms with Gasteiger partial charge in [0.05, 0.1) is 11.8 Å². The van der Waals surface area contributed by atoms with E-state index >= 15 is 0 Å². The van der Waals surface area contributed by atoms with Crippen LogP contribution in [0.2, 0.25) is 5.15 Å². The summed E-state index contributed by atoms with van der Waals surface area (Å²) in [5.74, 6) is 0. The maximum atomic E-state index is 9.57. The second kappa shape index (κ2) is 5.12. The number of thiazole rings is 1. The van der Waals surface area contributed by atoms with Crippen molar-refractivity contribution in [2.45, 2.75) is 32.2 Å². The third-order valence-electron chi connectivity index (χ3n) is 3.66. The number of piperidine rings is 1. The van der Waals surface area contributed by atoms with E-state index in [-0.39, 0.29) is 6.04 Å². The van der Waals surface area contributed by atoms with E-state index in [4.69, 9.17) is 11.6 Å². The lowest BCUT2D eigenvalue weighted by Crippen LogP contribution is -2.33. The van der Waals surface area contributed by atoms with E-state index in [0.29, 0.717) is 5.15 Å². The molecule has 0 N–H and O–H groups in total. The van der Waals surface area contributed by atoms with Crippen LogP contribution in [0.25, 0.3) is 4.96 Å². The monoisotopic (exact) mass is 294 g/mol. The lowest BCUT2D eigenvalue weighted by molar-refractivity contribution is 0.193. The maximum Gasteiger partial charge on any atom is 0.195 e. The average molecular weight is 295 g/mol. The van der Waals surface area contributed by atoms with Gasteiger partial charge in [-0.1, -0.05) is 18.0 Å². The largest absolute Gasteiger partial charge is 0.288 e. The van der Waals surface area contributed by atoms with Gasteiger partial charge in [-0.25, -0.2) is 4.98 Å². The van der Waals surface area contributed by atoms with Crippen molar-refractivity contribution in [1.29, 1.82) is 5.26 Å². The zero-order chi connectivity index (χ0) is 13.4. The zero-order valence-electron chi connectivity index (χ0n) is 10.8. The fraction of sp³-hybridized carbons (Fsp3) is 0.538. The lowest BCUT2D eigenvalue weighted by atomic mass is 10.1. The van der Waals surface area contributed by atoms with Crippen LogP contribution in [0.15, 0.2) is 5.38 Å². The van der Waals surface area contributed by atoms with Crippen molar-refractivity contribution in [2.75, 3.05) is 13.1 Å². The first-order valence-corrected chi connectivity index (χ1v) is 7.73. The SMILES string of the molecule is Cc1csc2nc(Cl)c(C(C#N)N3CCCCC3)n12. The molecule has 0 aliphatic carbocycles. The second-order valence-electron chi connectivity index (χ2n) is 4.91. The van der Waals surface area contributed by atoms with Gasteiger partial charge in [0, 0.05) is 11.1 Å². The number of hydrogen-bond donors (Lipinski definition) is 0. The Balaban J connectivity index is 2.07. The number of rotatable bonds is 2. The Kier molecular flexibility index (Phi) is 3.48. The minimum Gasteiger partial charge on any atom is -0.288 e. The summed E-state index contributed by atoms with van der Waals surface area (Å²) in [4.78, 5) is 7.46. The van der Waals surface area contributed by atoms with Gasteiger partial charge in [-0.05, 0) is 32.9 Å². The fourth-order valence-corrected chi connectivity index (χ4v) is 3.92. The predicted octanol–water partition coefficient (Wildman–Crippen LogP) is 3.41. The van der Waals surface area contributed by atoms with E-state index in [2.05, 4.69) is 16.0 Å². The molecule has 0 radical (unpaired) electrons. The molecule has 6 heteroatoms. The van der Waals surface area contributed by atoms with Crippen LogP contribution in [-0.2, 0) is 0 Å². The molecule has 0 amide bonds. The molecule has 1 unspecified atom stereocenters. The summed E-state index contributed by atoms with van der Waals surface area (Å²) < 4.78 is 2.02. The molecular weight excluding hydrogens is 280 g/mol. The third-order valence-corrected chi connectivity index (χ3v) is 4.88. The van der Waals surface area contributed by atoms with Gasteiger partial charge in [0.2, 0.25) is 0 Å². The van der Waals surface area contributed by atoms with E-state index in [1.165, 1.54) is 6.42 Å². The zero-order valence-corrected chi connectivity index (χ0v) is 12.3. The molecule has 100 valence electrons. The van der Waals surface area contributed by atoms with Crippen LogP contribution in [0.3, 0.4) is 0 Å². The molecule has 1 atom stereocenters. The minimum atomic E-state index is -0.295. The molecule has 0 bridgehead atoms. The molecule has 19 heavy (non-hydrogen) atoms. The van der Waals surface area contributed by atoms with Gasteiger partial charge in [0.25, 0.3) is 0 Å². The van der Waals surface area contributed by atoms with Crippen molar-refractivity contribution in [1.82, 2.24) is 14.3 Å². The molecule has 1 aliphatic rings. The molecular formula is C13H15ClN4S. The number of halogens is 1. The van der Waals surface area contributed by atoms with Crippen LogP contribution in [-0.4, -0.2) is 27.4 Å². The average Bonchev–Trinajstić information content (AvgIpc) is 2.93. The van der Waals surface area contributed by atoms with Crippen LogP contribution < -0.4 is 0 Å². The molecule has 0 spiro atoms. The van der Waals surface area contributed by atoms with Gasteiger partial charge in [-0.15, -0.1) is 11.3 Å². The molecule has 3 heterocycles. The highest BCUT2D eigenvalue weighted by atomic mass is 35.5. The lowest BCUT2D eigenvalue weighted by Gasteiger charge is -2.30. The molecule has 1 aliphatic heterocycles. The summed E-state index contributed by atoms with van der Waals surface area (Å²) >= 11 is 7.83. The molecule has 4 nitrogen and oxygen atoms in total. The van der Waals surface area contributed by atoms with Crippen LogP contribution in [0.1, 0.15) is 36.7 Å². The summed E-state index contributed by atoms with van der Waals surface area (Å²) in [5, 5.41) is 12.1. The number of fused-ring (bicyclic) bond motifs is 1. The van der Waals surface area contributed by atoms with Crippen molar-refractivity contribution in [3.8, 4) is 6.07 Å². The van der Waals surface area contributed by atoms with Crippen LogP contribution in [0.5, 0.6) is 0 Å². The van der Waals surface area contributed by atoms with Crippen molar-refractivity contribution < 1.29 is 0 Å². The molecule has 3 rings (SSSR count). The molecule has 1 saturated heterocycles. The quantitative estimate of drug-likeness (QED) is 0.852. The Bertz CT molecular complexity index is 633. The molecule has 1 fully saturated rings. The van der Waals surface area contributed by atoms with Gasteiger partial charge in [-0.3, -0.25) is 9.30 Å². The summed E-state index contributed by atoms with van der Waals surface area (Å²) in [6.07, 6.45) is 3.56. The summed E-state index contributed by atoms with van der Waals surface area (Å²) in [6.45, 7) is 3.95. The summed E-state index contributed by atoms with van der Waals surface area (Å²) in [6, 6.07) is 2.11. The Hall–Kier alpha value is -1.09. The first-order valence-electron chi connectivity index (χ1n) is 6.48. The van der Waals surface area contributed by atoms with Gasteiger partial charge >= 0.3 is 0 Å². The van der Waals surface area contributed by atoms with Crippen molar-refractivity contribution >= 4 is 27.9 Å². The highest BCUT2D eigenvalue weighted by molar-refractivity contribution is 7.15. The van der Waals surface area contributed by atoms with Crippen LogP contribution in [0.4, 0.5) is 0 Å². The third kappa shape index (κ3) is 2.14. The van der Waals surface area contributed by atoms with Crippen LogP contribution >= 0.6 is 22.9 Å². The molecule has 2 aromatic heterocycles. The Morgan fingerprint density at radius 2 is 2.16 bits per heavy atom. The van der Waals surface area contributed by atoms with Crippen molar-refractivity contribution in [3.63, 3.8) is 0 Å². The summed E-state index contributed by atoms with van der Waals surface area (Å²) in [7, 11) is 0. The van der Waals surface area contributed by atoms with E-state index in [9.17, 15) is 5.26 Å². The predicted molar refractivity (Wildman–Crippen MR) is 76.6 cm³/mol. The Morgan fingerprint density at radius 1 is 1.42 bits per heavy atom. The first-order chi connectivity index (χ1) is 9.22. The number of nitrogens with zero attached hydrogens (tertiary/aromatic N) is 4. The van der Waals surface area contributed by atoms with Gasteiger partial charge in [0.15, 0.2) is 10.1 Å². The smallest absolute Gasteiger partial charge is 0.195 e. The first kappa shape index (κ1) is 12.9. The normalized spacial score (nSPS) is 18.6. The standard InChI is InChI=1S/C13H15ClN4S/c1-9-8-19-13-16-12(14)11(18(9)13)10(7-15)17-5-3-2-4-6-17/h8,10H,2-6H2,1H3. The number of aromatic nitrogens is 2. The van der Waals surface area contributed by atoms with Gasteiger partial charge in [-0.2, -0.15) is 5.26 Å².